The third-order valence-electron chi connectivity index (χ3n) is 4.45. The normalized spacial score (nSPS) is 23.4. The molecule has 1 heterocycles. The number of ether oxygens (including phenoxy) is 2. The van der Waals surface area contributed by atoms with E-state index in [-0.39, 0.29) is 18.3 Å². The third kappa shape index (κ3) is 6.06. The number of hydrogen-bond acceptors (Lipinski definition) is 5. The van der Waals surface area contributed by atoms with Crippen LogP contribution < -0.4 is 4.74 Å². The first kappa shape index (κ1) is 19.2. The lowest BCUT2D eigenvalue weighted by Crippen LogP contribution is -2.49. The maximum atomic E-state index is 10.5. The van der Waals surface area contributed by atoms with Gasteiger partial charge in [-0.3, -0.25) is 9.80 Å². The van der Waals surface area contributed by atoms with Gasteiger partial charge in [0.05, 0.1) is 25.4 Å². The molecule has 0 bridgehead atoms. The summed E-state index contributed by atoms with van der Waals surface area (Å²) in [7, 11) is 1.68. The van der Waals surface area contributed by atoms with Gasteiger partial charge in [-0.15, -0.1) is 0 Å². The molecule has 1 saturated heterocycles. The summed E-state index contributed by atoms with van der Waals surface area (Å²) in [5.74, 6) is 0.873. The fourth-order valence-corrected chi connectivity index (χ4v) is 3.38. The van der Waals surface area contributed by atoms with Gasteiger partial charge in [0.15, 0.2) is 0 Å². The Morgan fingerprint density at radius 1 is 1.25 bits per heavy atom. The fraction of sp³-hybridized carbons (Fsp3) is 0.684. The van der Waals surface area contributed by atoms with Crippen molar-refractivity contribution in [3.63, 3.8) is 0 Å². The number of aliphatic hydroxyl groups is 1. The van der Waals surface area contributed by atoms with E-state index < -0.39 is 0 Å². The van der Waals surface area contributed by atoms with Crippen molar-refractivity contribution in [1.29, 1.82) is 0 Å². The Morgan fingerprint density at radius 3 is 2.42 bits per heavy atom. The summed E-state index contributed by atoms with van der Waals surface area (Å²) in [6.07, 6.45) is 0.130. The monoisotopic (exact) mass is 336 g/mol. The number of aliphatic hydroxyl groups excluding tert-OH is 1. The quantitative estimate of drug-likeness (QED) is 0.786. The second kappa shape index (κ2) is 9.37. The Kier molecular flexibility index (Phi) is 7.49. The highest BCUT2D eigenvalue weighted by Gasteiger charge is 2.24. The summed E-state index contributed by atoms with van der Waals surface area (Å²) in [5, 5.41) is 10.5. The predicted octanol–water partition coefficient (Wildman–Crippen LogP) is 1.99. The van der Waals surface area contributed by atoms with Crippen LogP contribution >= 0.6 is 0 Å². The maximum absolute atomic E-state index is 10.5. The molecule has 3 unspecified atom stereocenters. The van der Waals surface area contributed by atoms with Crippen LogP contribution in [0, 0.1) is 0 Å². The molecule has 5 heteroatoms. The van der Waals surface area contributed by atoms with E-state index in [0.717, 1.165) is 31.9 Å². The summed E-state index contributed by atoms with van der Waals surface area (Å²) in [6.45, 7) is 11.3. The number of hydrogen-bond donors (Lipinski definition) is 1. The third-order valence-corrected chi connectivity index (χ3v) is 4.45. The van der Waals surface area contributed by atoms with Gasteiger partial charge in [0.1, 0.15) is 5.75 Å². The van der Waals surface area contributed by atoms with Crippen molar-refractivity contribution in [1.82, 2.24) is 9.80 Å². The second-order valence-corrected chi connectivity index (χ2v) is 6.81. The Bertz CT molecular complexity index is 470. The van der Waals surface area contributed by atoms with Gasteiger partial charge in [0.2, 0.25) is 0 Å². The minimum atomic E-state index is -0.347. The Balaban J connectivity index is 1.82. The van der Waals surface area contributed by atoms with Crippen molar-refractivity contribution in [2.75, 3.05) is 39.8 Å². The van der Waals surface area contributed by atoms with Gasteiger partial charge in [-0.1, -0.05) is 19.1 Å². The molecule has 0 aromatic heterocycles. The molecule has 1 fully saturated rings. The van der Waals surface area contributed by atoms with Crippen molar-refractivity contribution in [2.24, 2.45) is 0 Å². The van der Waals surface area contributed by atoms with Crippen LogP contribution in [0.1, 0.15) is 26.3 Å². The first-order chi connectivity index (χ1) is 11.5. The van der Waals surface area contributed by atoms with Gasteiger partial charge in [0.25, 0.3) is 0 Å². The minimum Gasteiger partial charge on any atom is -0.497 e. The van der Waals surface area contributed by atoms with Crippen molar-refractivity contribution in [3.05, 3.63) is 29.8 Å². The largest absolute Gasteiger partial charge is 0.497 e. The number of morpholine rings is 1. The van der Waals surface area contributed by atoms with Crippen LogP contribution in [0.5, 0.6) is 5.75 Å². The van der Waals surface area contributed by atoms with Gasteiger partial charge < -0.3 is 14.6 Å². The van der Waals surface area contributed by atoms with Gasteiger partial charge in [-0.2, -0.15) is 0 Å². The molecule has 2 rings (SSSR count). The molecular weight excluding hydrogens is 304 g/mol. The number of nitrogens with zero attached hydrogens (tertiary/aromatic N) is 2. The van der Waals surface area contributed by atoms with Crippen molar-refractivity contribution >= 4 is 0 Å². The number of methoxy groups -OCH3 is 1. The molecule has 24 heavy (non-hydrogen) atoms. The molecule has 3 atom stereocenters. The summed E-state index contributed by atoms with van der Waals surface area (Å²) < 4.78 is 11.0. The van der Waals surface area contributed by atoms with Gasteiger partial charge >= 0.3 is 0 Å². The van der Waals surface area contributed by atoms with E-state index in [4.69, 9.17) is 9.47 Å². The van der Waals surface area contributed by atoms with E-state index in [1.807, 2.05) is 12.1 Å². The molecule has 0 radical (unpaired) electrons. The molecule has 1 aromatic carbocycles. The smallest absolute Gasteiger partial charge is 0.118 e. The molecule has 0 aliphatic carbocycles. The number of β-amino-alcohol motifs (C(OH)–C–C–N with tert-alkyl or cyclic N) is 1. The van der Waals surface area contributed by atoms with Crippen LogP contribution in [0.2, 0.25) is 0 Å². The lowest BCUT2D eigenvalue weighted by atomic mass is 10.1. The van der Waals surface area contributed by atoms with E-state index in [0.29, 0.717) is 13.1 Å². The van der Waals surface area contributed by atoms with Crippen molar-refractivity contribution < 1.29 is 14.6 Å². The summed E-state index contributed by atoms with van der Waals surface area (Å²) in [4.78, 5) is 4.59. The molecule has 136 valence electrons. The predicted molar refractivity (Wildman–Crippen MR) is 96.4 cm³/mol. The lowest BCUT2D eigenvalue weighted by molar-refractivity contribution is -0.0780. The van der Waals surface area contributed by atoms with Gasteiger partial charge in [-0.25, -0.2) is 0 Å². The Morgan fingerprint density at radius 2 is 1.88 bits per heavy atom. The topological polar surface area (TPSA) is 45.2 Å². The van der Waals surface area contributed by atoms with Crippen LogP contribution in [0.3, 0.4) is 0 Å². The molecule has 0 saturated carbocycles. The van der Waals surface area contributed by atoms with Crippen LogP contribution in [-0.4, -0.2) is 73.1 Å². The Hall–Kier alpha value is -1.14. The number of rotatable bonds is 8. The van der Waals surface area contributed by atoms with Gasteiger partial charge in [-0.05, 0) is 38.1 Å². The number of likely N-dealkylation sites (N-methyl/N-ethyl adjacent to an activating group) is 1. The molecule has 5 nitrogen and oxygen atoms in total. The summed E-state index contributed by atoms with van der Waals surface area (Å²) in [5.41, 5.74) is 1.23. The van der Waals surface area contributed by atoms with Crippen molar-refractivity contribution in [2.45, 2.75) is 45.6 Å². The van der Waals surface area contributed by atoms with E-state index >= 15 is 0 Å². The first-order valence-corrected chi connectivity index (χ1v) is 8.91. The molecule has 0 amide bonds. The SMILES string of the molecule is CCN(Cc1ccc(OC)cc1)CC(O)CN1CC(C)OC(C)C1. The number of benzene rings is 1. The Labute approximate surface area is 146 Å². The van der Waals surface area contributed by atoms with Crippen LogP contribution in [0.4, 0.5) is 0 Å². The highest BCUT2D eigenvalue weighted by atomic mass is 16.5. The van der Waals surface area contributed by atoms with E-state index in [9.17, 15) is 5.11 Å². The van der Waals surface area contributed by atoms with Crippen molar-refractivity contribution in [3.8, 4) is 5.75 Å². The average molecular weight is 336 g/mol. The highest BCUT2D eigenvalue weighted by Crippen LogP contribution is 2.14. The lowest BCUT2D eigenvalue weighted by Gasteiger charge is -2.37. The van der Waals surface area contributed by atoms with E-state index in [2.05, 4.69) is 42.7 Å². The molecule has 0 spiro atoms. The van der Waals surface area contributed by atoms with Gasteiger partial charge in [0, 0.05) is 32.7 Å². The van der Waals surface area contributed by atoms with E-state index in [1.54, 1.807) is 7.11 Å². The molecular formula is C19H32N2O3. The fourth-order valence-electron chi connectivity index (χ4n) is 3.38. The zero-order chi connectivity index (χ0) is 17.5. The summed E-state index contributed by atoms with van der Waals surface area (Å²) in [6, 6.07) is 8.13. The zero-order valence-corrected chi connectivity index (χ0v) is 15.4. The molecule has 1 aliphatic rings. The van der Waals surface area contributed by atoms with Crippen LogP contribution in [-0.2, 0) is 11.3 Å². The molecule has 1 aromatic rings. The van der Waals surface area contributed by atoms with Crippen LogP contribution in [0.15, 0.2) is 24.3 Å². The minimum absolute atomic E-state index is 0.238. The highest BCUT2D eigenvalue weighted by molar-refractivity contribution is 5.27. The summed E-state index contributed by atoms with van der Waals surface area (Å²) >= 11 is 0. The zero-order valence-electron chi connectivity index (χ0n) is 15.4. The average Bonchev–Trinajstić information content (AvgIpc) is 2.53. The second-order valence-electron chi connectivity index (χ2n) is 6.81. The van der Waals surface area contributed by atoms with E-state index in [1.165, 1.54) is 5.56 Å². The van der Waals surface area contributed by atoms with Crippen LogP contribution in [0.25, 0.3) is 0 Å². The molecule has 1 N–H and O–H groups in total. The standard InChI is InChI=1S/C19H32N2O3/c1-5-20(12-17-6-8-19(23-4)9-7-17)13-18(22)14-21-10-15(2)24-16(3)11-21/h6-9,15-16,18,22H,5,10-14H2,1-4H3. The maximum Gasteiger partial charge on any atom is 0.118 e. The molecule has 1 aliphatic heterocycles. The first-order valence-electron chi connectivity index (χ1n) is 8.91.